The number of benzene rings is 2. The molecule has 2 amide bonds. The second-order valence-corrected chi connectivity index (χ2v) is 10.4. The molecule has 1 saturated carbocycles. The van der Waals surface area contributed by atoms with Gasteiger partial charge in [0.2, 0.25) is 0 Å². The van der Waals surface area contributed by atoms with Gasteiger partial charge >= 0.3 is 6.03 Å². The Balaban J connectivity index is 1.52. The fraction of sp³-hybridized carbons (Fsp3) is 0.355. The van der Waals surface area contributed by atoms with Crippen LogP contribution in [0.5, 0.6) is 5.75 Å². The maximum absolute atomic E-state index is 14.2. The molecule has 2 heterocycles. The third kappa shape index (κ3) is 4.46. The third-order valence-electron chi connectivity index (χ3n) is 8.02. The number of hydrogen-bond donors (Lipinski definition) is 2. The van der Waals surface area contributed by atoms with Crippen molar-refractivity contribution in [2.45, 2.75) is 62.9 Å². The highest BCUT2D eigenvalue weighted by molar-refractivity contribution is 6.06. The van der Waals surface area contributed by atoms with Crippen LogP contribution in [0.2, 0.25) is 0 Å². The van der Waals surface area contributed by atoms with Crippen LogP contribution in [0.4, 0.5) is 16.2 Å². The number of ether oxygens (including phenoxy) is 1. The molecule has 196 valence electrons. The van der Waals surface area contributed by atoms with Gasteiger partial charge in [-0.05, 0) is 49.6 Å². The number of para-hydroxylation sites is 3. The van der Waals surface area contributed by atoms with E-state index < -0.39 is 6.04 Å². The van der Waals surface area contributed by atoms with Crippen molar-refractivity contribution in [1.82, 2.24) is 5.32 Å². The average Bonchev–Trinajstić information content (AvgIpc) is 3.44. The number of fused-ring (bicyclic) bond motifs is 1. The Morgan fingerprint density at radius 2 is 1.79 bits per heavy atom. The van der Waals surface area contributed by atoms with Gasteiger partial charge in [-0.15, -0.1) is 0 Å². The van der Waals surface area contributed by atoms with Crippen LogP contribution >= 0.6 is 0 Å². The van der Waals surface area contributed by atoms with Gasteiger partial charge in [0.15, 0.2) is 5.78 Å². The average molecular weight is 512 g/mol. The summed E-state index contributed by atoms with van der Waals surface area (Å²) in [5.74, 6) is 1.36. The van der Waals surface area contributed by atoms with Crippen molar-refractivity contribution in [2.75, 3.05) is 17.3 Å². The topological polar surface area (TPSA) is 83.8 Å². The monoisotopic (exact) mass is 511 g/mol. The summed E-state index contributed by atoms with van der Waals surface area (Å²) in [4.78, 5) is 30.0. The molecule has 0 saturated heterocycles. The molecule has 0 spiro atoms. The van der Waals surface area contributed by atoms with E-state index in [9.17, 15) is 9.59 Å². The summed E-state index contributed by atoms with van der Waals surface area (Å²) in [5.41, 5.74) is 3.73. The molecule has 38 heavy (non-hydrogen) atoms. The summed E-state index contributed by atoms with van der Waals surface area (Å²) in [6, 6.07) is 18.5. The number of carbonyl (C=O) groups excluding carboxylic acids is 2. The lowest BCUT2D eigenvalue weighted by molar-refractivity contribution is -0.116. The van der Waals surface area contributed by atoms with Gasteiger partial charge in [0.05, 0.1) is 30.8 Å². The van der Waals surface area contributed by atoms with Gasteiger partial charge in [-0.3, -0.25) is 9.69 Å². The number of carbonyl (C=O) groups is 2. The first kappa shape index (κ1) is 24.3. The maximum Gasteiger partial charge on any atom is 0.323 e. The SMILES string of the molecule is COc1ccccc1[C@@H]1C2=C(C[C@@H](c3ccco3)CC2=O)Nc2ccccc2N1C(=O)NC1CCCCC1. The van der Waals surface area contributed by atoms with Crippen molar-refractivity contribution in [3.63, 3.8) is 0 Å². The van der Waals surface area contributed by atoms with Gasteiger partial charge in [-0.2, -0.15) is 0 Å². The molecule has 2 aromatic carbocycles. The maximum atomic E-state index is 14.2. The molecule has 2 N–H and O–H groups in total. The largest absolute Gasteiger partial charge is 0.496 e. The molecule has 1 aliphatic heterocycles. The Labute approximate surface area is 222 Å². The number of rotatable bonds is 4. The molecule has 7 heteroatoms. The number of furan rings is 1. The smallest absolute Gasteiger partial charge is 0.323 e. The molecule has 1 aromatic heterocycles. The predicted molar refractivity (Wildman–Crippen MR) is 146 cm³/mol. The zero-order valence-electron chi connectivity index (χ0n) is 21.6. The van der Waals surface area contributed by atoms with E-state index in [2.05, 4.69) is 10.6 Å². The van der Waals surface area contributed by atoms with Crippen molar-refractivity contribution in [1.29, 1.82) is 0 Å². The van der Waals surface area contributed by atoms with Crippen molar-refractivity contribution in [3.05, 3.63) is 89.5 Å². The molecule has 1 fully saturated rings. The molecule has 3 aromatic rings. The summed E-state index contributed by atoms with van der Waals surface area (Å²) < 4.78 is 11.5. The number of ketones is 1. The minimum Gasteiger partial charge on any atom is -0.496 e. The Morgan fingerprint density at radius 3 is 2.58 bits per heavy atom. The van der Waals surface area contributed by atoms with E-state index >= 15 is 0 Å². The minimum atomic E-state index is -0.647. The predicted octanol–water partition coefficient (Wildman–Crippen LogP) is 6.70. The summed E-state index contributed by atoms with van der Waals surface area (Å²) >= 11 is 0. The highest BCUT2D eigenvalue weighted by Crippen LogP contribution is 2.49. The van der Waals surface area contributed by atoms with Crippen molar-refractivity contribution >= 4 is 23.2 Å². The number of anilines is 2. The van der Waals surface area contributed by atoms with E-state index in [1.165, 1.54) is 6.42 Å². The summed E-state index contributed by atoms with van der Waals surface area (Å²) in [6.07, 6.45) is 7.93. The van der Waals surface area contributed by atoms with Gasteiger partial charge in [0.1, 0.15) is 11.5 Å². The fourth-order valence-corrected chi connectivity index (χ4v) is 6.22. The first-order chi connectivity index (χ1) is 18.6. The summed E-state index contributed by atoms with van der Waals surface area (Å²) in [7, 11) is 1.62. The number of urea groups is 1. The van der Waals surface area contributed by atoms with Gasteiger partial charge < -0.3 is 19.8 Å². The molecule has 0 radical (unpaired) electrons. The summed E-state index contributed by atoms with van der Waals surface area (Å²) in [5, 5.41) is 6.87. The van der Waals surface area contributed by atoms with Gasteiger partial charge in [-0.1, -0.05) is 49.6 Å². The van der Waals surface area contributed by atoms with E-state index in [0.717, 1.165) is 54.1 Å². The third-order valence-corrected chi connectivity index (χ3v) is 8.02. The number of hydrogen-bond acceptors (Lipinski definition) is 5. The van der Waals surface area contributed by atoms with E-state index in [-0.39, 0.29) is 23.8 Å². The van der Waals surface area contributed by atoms with Crippen LogP contribution < -0.4 is 20.3 Å². The highest BCUT2D eigenvalue weighted by Gasteiger charge is 2.43. The number of nitrogens with one attached hydrogen (secondary N) is 2. The quantitative estimate of drug-likeness (QED) is 0.407. The standard InChI is InChI=1S/C31H33N3O4/c1-37-28-15-8-5-12-22(28)30-29-24(18-20(19-26(29)35)27-16-9-17-38-27)33-23-13-6-7-14-25(23)34(30)31(36)32-21-10-3-2-4-11-21/h5-9,12-17,20-21,30,33H,2-4,10-11,18-19H2,1H3,(H,32,36)/t20-,30-/m1/s1. The molecule has 2 atom stereocenters. The van der Waals surface area contributed by atoms with Crippen LogP contribution in [-0.4, -0.2) is 25.0 Å². The number of Topliss-reactive ketones (excluding diaryl/α,β-unsaturated/α-hetero) is 1. The van der Waals surface area contributed by atoms with Gasteiger partial charge in [0, 0.05) is 35.2 Å². The van der Waals surface area contributed by atoms with Crippen molar-refractivity contribution in [3.8, 4) is 5.75 Å². The van der Waals surface area contributed by atoms with Gasteiger partial charge in [-0.25, -0.2) is 4.79 Å². The lowest BCUT2D eigenvalue weighted by atomic mass is 9.80. The molecule has 3 aliphatic rings. The highest BCUT2D eigenvalue weighted by atomic mass is 16.5. The van der Waals surface area contributed by atoms with Gasteiger partial charge in [0.25, 0.3) is 0 Å². The number of amides is 2. The van der Waals surface area contributed by atoms with Crippen LogP contribution in [0, 0.1) is 0 Å². The van der Waals surface area contributed by atoms with E-state index in [1.807, 2.05) is 60.7 Å². The van der Waals surface area contributed by atoms with Crippen molar-refractivity contribution in [2.24, 2.45) is 0 Å². The zero-order chi connectivity index (χ0) is 26.1. The van der Waals surface area contributed by atoms with Crippen LogP contribution in [0.1, 0.15) is 68.2 Å². The number of nitrogens with zero attached hydrogens (tertiary/aromatic N) is 1. The van der Waals surface area contributed by atoms with Crippen molar-refractivity contribution < 1.29 is 18.7 Å². The number of allylic oxidation sites excluding steroid dienone is 1. The second kappa shape index (κ2) is 10.4. The van der Waals surface area contributed by atoms with E-state index in [0.29, 0.717) is 24.2 Å². The van der Waals surface area contributed by atoms with E-state index in [1.54, 1.807) is 18.3 Å². The fourth-order valence-electron chi connectivity index (χ4n) is 6.22. The summed E-state index contributed by atoms with van der Waals surface area (Å²) in [6.45, 7) is 0. The first-order valence-corrected chi connectivity index (χ1v) is 13.5. The molecule has 2 aliphatic carbocycles. The second-order valence-electron chi connectivity index (χ2n) is 10.4. The molecule has 0 unspecified atom stereocenters. The normalized spacial score (nSPS) is 21.7. The zero-order valence-corrected chi connectivity index (χ0v) is 21.6. The number of methoxy groups -OCH3 is 1. The van der Waals surface area contributed by atoms with E-state index in [4.69, 9.17) is 9.15 Å². The Bertz CT molecular complexity index is 1360. The minimum absolute atomic E-state index is 0.000622. The first-order valence-electron chi connectivity index (χ1n) is 13.5. The van der Waals surface area contributed by atoms with Crippen LogP contribution in [-0.2, 0) is 4.79 Å². The molecule has 6 rings (SSSR count). The Morgan fingerprint density at radius 1 is 1.00 bits per heavy atom. The molecule has 7 nitrogen and oxygen atoms in total. The Hall–Kier alpha value is -4.00. The molecule has 0 bridgehead atoms. The van der Waals surface area contributed by atoms with Crippen LogP contribution in [0.25, 0.3) is 0 Å². The lowest BCUT2D eigenvalue weighted by Gasteiger charge is -2.36. The van der Waals surface area contributed by atoms with Crippen LogP contribution in [0.3, 0.4) is 0 Å². The Kier molecular flexibility index (Phi) is 6.66. The van der Waals surface area contributed by atoms with Crippen LogP contribution in [0.15, 0.2) is 82.6 Å². The lowest BCUT2D eigenvalue weighted by Crippen LogP contribution is -2.48. The molecular formula is C31H33N3O4. The molecular weight excluding hydrogens is 478 g/mol.